The first kappa shape index (κ1) is 16.7. The first-order chi connectivity index (χ1) is 9.63. The number of rotatable bonds is 5. The second-order valence-corrected chi connectivity index (χ2v) is 6.45. The van der Waals surface area contributed by atoms with Crippen molar-refractivity contribution in [2.75, 3.05) is 24.6 Å². The number of likely N-dealkylation sites (N-methyl/N-ethyl adjacent to an activating group) is 1. The van der Waals surface area contributed by atoms with Crippen molar-refractivity contribution in [1.29, 1.82) is 0 Å². The maximum Gasteiger partial charge on any atom is 0.104 e. The van der Waals surface area contributed by atoms with E-state index in [1.807, 2.05) is 4.68 Å². The summed E-state index contributed by atoms with van der Waals surface area (Å²) in [7, 11) is 2.05. The molecule has 2 heterocycles. The fourth-order valence-electron chi connectivity index (χ4n) is 2.61. The predicted molar refractivity (Wildman–Crippen MR) is 82.8 cm³/mol. The number of aromatic nitrogens is 2. The van der Waals surface area contributed by atoms with Crippen molar-refractivity contribution in [3.63, 3.8) is 0 Å². The molecule has 1 N–H and O–H groups in total. The van der Waals surface area contributed by atoms with Crippen LogP contribution in [0.25, 0.3) is 0 Å². The van der Waals surface area contributed by atoms with Crippen LogP contribution < -0.4 is 9.84 Å². The molecular formula is C12H21ClN5O2S-. The maximum absolute atomic E-state index is 11.5. The molecule has 21 heavy (non-hydrogen) atoms. The Kier molecular flexibility index (Phi) is 5.61. The molecule has 120 valence electrons. The molecule has 2 atom stereocenters. The number of anilines is 1. The minimum atomic E-state index is -2.35. The average Bonchev–Trinajstić information content (AvgIpc) is 3.14. The van der Waals surface area contributed by atoms with E-state index in [1.54, 1.807) is 12.4 Å². The summed E-state index contributed by atoms with van der Waals surface area (Å²) >= 11 is -2.35. The lowest BCUT2D eigenvalue weighted by molar-refractivity contribution is 0.229. The molecule has 0 spiro atoms. The van der Waals surface area contributed by atoms with Crippen LogP contribution in [0.4, 0.5) is 5.69 Å². The van der Waals surface area contributed by atoms with E-state index in [9.17, 15) is 8.76 Å². The summed E-state index contributed by atoms with van der Waals surface area (Å²) in [4.78, 5) is 2.21. The summed E-state index contributed by atoms with van der Waals surface area (Å²) in [5.41, 5.74) is 3.68. The highest BCUT2D eigenvalue weighted by Gasteiger charge is 2.26. The normalized spacial score (nSPS) is 24.4. The van der Waals surface area contributed by atoms with Gasteiger partial charge in [-0.05, 0) is 39.3 Å². The molecule has 1 aliphatic heterocycles. The van der Waals surface area contributed by atoms with E-state index >= 15 is 0 Å². The van der Waals surface area contributed by atoms with Crippen molar-refractivity contribution in [3.05, 3.63) is 12.4 Å². The monoisotopic (exact) mass is 334 g/mol. The van der Waals surface area contributed by atoms with E-state index in [-0.39, 0.29) is 18.4 Å². The minimum Gasteiger partial charge on any atom is -0.754 e. The van der Waals surface area contributed by atoms with Gasteiger partial charge in [0.15, 0.2) is 0 Å². The van der Waals surface area contributed by atoms with Crippen LogP contribution in [0.5, 0.6) is 0 Å². The second kappa shape index (κ2) is 7.06. The zero-order valence-electron chi connectivity index (χ0n) is 12.0. The van der Waals surface area contributed by atoms with Gasteiger partial charge < -0.3 is 9.45 Å². The molecule has 2 unspecified atom stereocenters. The number of piperidine rings is 1. The number of nitrogens with zero attached hydrogens (tertiary/aromatic N) is 4. The summed E-state index contributed by atoms with van der Waals surface area (Å²) in [5, 5.41) is 4.24. The van der Waals surface area contributed by atoms with Crippen molar-refractivity contribution in [3.8, 4) is 0 Å². The van der Waals surface area contributed by atoms with Crippen molar-refractivity contribution in [2.45, 2.75) is 37.8 Å². The SMILES string of the molecule is CN1CCCC(NN(c2cnn(C3CC3)c2)S(=O)[O-])C1.Cl. The van der Waals surface area contributed by atoms with E-state index in [1.165, 1.54) is 4.41 Å². The summed E-state index contributed by atoms with van der Waals surface area (Å²) in [6.45, 7) is 1.92. The van der Waals surface area contributed by atoms with Crippen LogP contribution in [-0.4, -0.2) is 49.6 Å². The minimum absolute atomic E-state index is 0. The van der Waals surface area contributed by atoms with Crippen molar-refractivity contribution >= 4 is 29.4 Å². The van der Waals surface area contributed by atoms with Crippen LogP contribution in [0.1, 0.15) is 31.7 Å². The van der Waals surface area contributed by atoms with E-state index in [0.29, 0.717) is 11.7 Å². The third-order valence-electron chi connectivity index (χ3n) is 3.82. The Morgan fingerprint density at radius 2 is 2.24 bits per heavy atom. The Morgan fingerprint density at radius 1 is 1.48 bits per heavy atom. The number of nitrogens with one attached hydrogen (secondary N) is 1. The number of hydrogen-bond donors (Lipinski definition) is 1. The van der Waals surface area contributed by atoms with Crippen molar-refractivity contribution < 1.29 is 8.76 Å². The Bertz CT molecular complexity index is 496. The standard InChI is InChI=1S/C12H21N5O2S.ClH/c1-15-6-2-3-10(8-15)14-17(20(18)19)12-7-13-16(9-12)11-4-5-11;/h7,9-11,14H,2-6,8H2,1H3,(H,18,19);1H/p-1. The Morgan fingerprint density at radius 3 is 2.86 bits per heavy atom. The first-order valence-electron chi connectivity index (χ1n) is 7.02. The number of likely N-dealkylation sites (tertiary alicyclic amines) is 1. The quantitative estimate of drug-likeness (QED) is 0.638. The third-order valence-corrected chi connectivity index (χ3v) is 4.43. The summed E-state index contributed by atoms with van der Waals surface area (Å²) in [6, 6.07) is 0.599. The van der Waals surface area contributed by atoms with Gasteiger partial charge in [-0.25, -0.2) is 9.84 Å². The lowest BCUT2D eigenvalue weighted by atomic mass is 10.1. The van der Waals surface area contributed by atoms with Crippen LogP contribution in [-0.2, 0) is 11.3 Å². The molecule has 0 aromatic carbocycles. The molecular weight excluding hydrogens is 314 g/mol. The molecule has 1 aromatic rings. The average molecular weight is 335 g/mol. The molecule has 2 fully saturated rings. The number of hydrazine groups is 1. The molecule has 1 aliphatic carbocycles. The highest BCUT2D eigenvalue weighted by Crippen LogP contribution is 2.35. The van der Waals surface area contributed by atoms with Crippen molar-refractivity contribution in [1.82, 2.24) is 20.1 Å². The van der Waals surface area contributed by atoms with Crippen LogP contribution in [0.15, 0.2) is 12.4 Å². The van der Waals surface area contributed by atoms with Gasteiger partial charge in [0.2, 0.25) is 0 Å². The van der Waals surface area contributed by atoms with Crippen LogP contribution in [0, 0.1) is 0 Å². The zero-order chi connectivity index (χ0) is 14.1. The van der Waals surface area contributed by atoms with Crippen LogP contribution in [0.2, 0.25) is 0 Å². The zero-order valence-corrected chi connectivity index (χ0v) is 13.6. The molecule has 1 saturated carbocycles. The fraction of sp³-hybridized carbons (Fsp3) is 0.750. The predicted octanol–water partition coefficient (Wildman–Crippen LogP) is 0.839. The fourth-order valence-corrected chi connectivity index (χ4v) is 3.11. The Hall–Kier alpha value is -0.670. The van der Waals surface area contributed by atoms with E-state index in [2.05, 4.69) is 22.5 Å². The van der Waals surface area contributed by atoms with Crippen LogP contribution in [0.3, 0.4) is 0 Å². The van der Waals surface area contributed by atoms with Crippen molar-refractivity contribution in [2.24, 2.45) is 0 Å². The van der Waals surface area contributed by atoms with Gasteiger partial charge in [-0.3, -0.25) is 8.89 Å². The van der Waals surface area contributed by atoms with Gasteiger partial charge in [0.25, 0.3) is 0 Å². The molecule has 0 amide bonds. The van der Waals surface area contributed by atoms with E-state index in [4.69, 9.17) is 0 Å². The largest absolute Gasteiger partial charge is 0.754 e. The summed E-state index contributed by atoms with van der Waals surface area (Å²) in [6.07, 6.45) is 7.72. The van der Waals surface area contributed by atoms with Gasteiger partial charge in [-0.2, -0.15) is 5.10 Å². The van der Waals surface area contributed by atoms with E-state index < -0.39 is 11.3 Å². The smallest absolute Gasteiger partial charge is 0.104 e. The molecule has 1 saturated heterocycles. The lowest BCUT2D eigenvalue weighted by Gasteiger charge is -2.35. The number of halogens is 1. The van der Waals surface area contributed by atoms with Gasteiger partial charge in [-0.1, -0.05) is 0 Å². The van der Waals surface area contributed by atoms with Gasteiger partial charge in [0.1, 0.15) is 5.69 Å². The van der Waals surface area contributed by atoms with Gasteiger partial charge in [0, 0.05) is 12.6 Å². The van der Waals surface area contributed by atoms with E-state index in [0.717, 1.165) is 38.8 Å². The molecule has 0 radical (unpaired) electrons. The number of hydrogen-bond acceptors (Lipinski definition) is 5. The highest BCUT2D eigenvalue weighted by atomic mass is 35.5. The molecule has 3 rings (SSSR count). The third kappa shape index (κ3) is 4.17. The molecule has 7 nitrogen and oxygen atoms in total. The Labute approximate surface area is 133 Å². The topological polar surface area (TPSA) is 76.5 Å². The molecule has 2 aliphatic rings. The first-order valence-corrected chi connectivity index (χ1v) is 8.05. The Balaban J connectivity index is 0.00000161. The van der Waals surface area contributed by atoms with Crippen LogP contribution >= 0.6 is 12.4 Å². The molecule has 0 bridgehead atoms. The van der Waals surface area contributed by atoms with Gasteiger partial charge in [0.05, 0.1) is 29.7 Å². The molecule has 1 aromatic heterocycles. The highest BCUT2D eigenvalue weighted by molar-refractivity contribution is 7.80. The second-order valence-electron chi connectivity index (χ2n) is 5.65. The van der Waals surface area contributed by atoms with Gasteiger partial charge >= 0.3 is 0 Å². The maximum atomic E-state index is 11.5. The summed E-state index contributed by atoms with van der Waals surface area (Å²) in [5.74, 6) is 0. The lowest BCUT2D eigenvalue weighted by Crippen LogP contribution is -2.52. The van der Waals surface area contributed by atoms with Gasteiger partial charge in [-0.15, -0.1) is 12.4 Å². The molecule has 9 heteroatoms. The summed E-state index contributed by atoms with van der Waals surface area (Å²) < 4.78 is 26.0.